The van der Waals surface area contributed by atoms with Gasteiger partial charge in [-0.15, -0.1) is 0 Å². The molecular weight excluding hydrogens is 252 g/mol. The van der Waals surface area contributed by atoms with Crippen LogP contribution in [0.15, 0.2) is 49.1 Å². The molecule has 2 heterocycles. The van der Waals surface area contributed by atoms with E-state index in [1.807, 2.05) is 35.3 Å². The minimum atomic E-state index is -0.648. The zero-order valence-electron chi connectivity index (χ0n) is 11.9. The van der Waals surface area contributed by atoms with Crippen LogP contribution in [-0.4, -0.2) is 21.8 Å². The molecule has 1 saturated heterocycles. The van der Waals surface area contributed by atoms with Gasteiger partial charge in [0.05, 0.1) is 18.5 Å². The van der Waals surface area contributed by atoms with Crippen molar-refractivity contribution in [3.63, 3.8) is 0 Å². The van der Waals surface area contributed by atoms with Crippen LogP contribution in [0.3, 0.4) is 0 Å². The second kappa shape index (κ2) is 5.38. The molecule has 106 valence electrons. The lowest BCUT2D eigenvalue weighted by atomic mass is 10.0. The Labute approximate surface area is 119 Å². The number of aromatic nitrogens is 2. The van der Waals surface area contributed by atoms with Gasteiger partial charge in [0, 0.05) is 30.9 Å². The zero-order chi connectivity index (χ0) is 14.0. The van der Waals surface area contributed by atoms with Crippen molar-refractivity contribution in [2.75, 3.05) is 0 Å². The minimum Gasteiger partial charge on any atom is -0.340 e. The van der Waals surface area contributed by atoms with Crippen molar-refractivity contribution in [2.24, 2.45) is 0 Å². The summed E-state index contributed by atoms with van der Waals surface area (Å²) in [6.45, 7) is 4.94. The molecule has 0 N–H and O–H groups in total. The maximum atomic E-state index is 6.19. The monoisotopic (exact) mass is 272 g/mol. The summed E-state index contributed by atoms with van der Waals surface area (Å²) >= 11 is 0. The summed E-state index contributed by atoms with van der Waals surface area (Å²) in [6.07, 6.45) is 6.52. The predicted octanol–water partition coefficient (Wildman–Crippen LogP) is 2.95. The fourth-order valence-electron chi connectivity index (χ4n) is 2.61. The summed E-state index contributed by atoms with van der Waals surface area (Å²) in [6, 6.07) is 10.2. The molecule has 0 bridgehead atoms. The van der Waals surface area contributed by atoms with Crippen LogP contribution in [0.25, 0.3) is 0 Å². The molecular formula is C16H20N2O2. The number of benzene rings is 1. The molecule has 4 heteroatoms. The highest BCUT2D eigenvalue weighted by molar-refractivity contribution is 5.21. The van der Waals surface area contributed by atoms with Gasteiger partial charge < -0.3 is 14.0 Å². The van der Waals surface area contributed by atoms with Crippen molar-refractivity contribution in [3.8, 4) is 0 Å². The molecule has 20 heavy (non-hydrogen) atoms. The zero-order valence-corrected chi connectivity index (χ0v) is 11.9. The van der Waals surface area contributed by atoms with E-state index in [1.165, 1.54) is 0 Å². The highest BCUT2D eigenvalue weighted by Crippen LogP contribution is 2.40. The van der Waals surface area contributed by atoms with E-state index in [9.17, 15) is 0 Å². The fraction of sp³-hybridized carbons (Fsp3) is 0.438. The van der Waals surface area contributed by atoms with Gasteiger partial charge in [-0.2, -0.15) is 0 Å². The van der Waals surface area contributed by atoms with E-state index in [4.69, 9.17) is 9.47 Å². The number of hydrogen-bond donors (Lipinski definition) is 0. The molecule has 1 aromatic heterocycles. The van der Waals surface area contributed by atoms with E-state index in [2.05, 4.69) is 31.0 Å². The van der Waals surface area contributed by atoms with E-state index >= 15 is 0 Å². The van der Waals surface area contributed by atoms with Crippen LogP contribution in [0.4, 0.5) is 0 Å². The molecule has 4 nitrogen and oxygen atoms in total. The number of nitrogens with zero attached hydrogens (tertiary/aromatic N) is 2. The van der Waals surface area contributed by atoms with Gasteiger partial charge in [0.2, 0.25) is 0 Å². The lowest BCUT2D eigenvalue weighted by Gasteiger charge is -2.29. The first kappa shape index (κ1) is 13.3. The van der Waals surface area contributed by atoms with Gasteiger partial charge in [-0.3, -0.25) is 0 Å². The van der Waals surface area contributed by atoms with Crippen molar-refractivity contribution < 1.29 is 9.47 Å². The standard InChI is InChI=1S/C16H20N2O2/c1-13-14(2)20-16(19-13,15-6-4-3-5-7-15)8-10-18-11-9-17-12-18/h3-7,9,11-14H,8,10H2,1-2H3. The smallest absolute Gasteiger partial charge is 0.197 e. The van der Waals surface area contributed by atoms with Crippen LogP contribution in [0.2, 0.25) is 0 Å². The van der Waals surface area contributed by atoms with Gasteiger partial charge in [-0.1, -0.05) is 30.3 Å². The van der Waals surface area contributed by atoms with Gasteiger partial charge in [0.15, 0.2) is 5.79 Å². The Morgan fingerprint density at radius 3 is 2.45 bits per heavy atom. The van der Waals surface area contributed by atoms with Crippen molar-refractivity contribution in [1.29, 1.82) is 0 Å². The molecule has 1 aliphatic heterocycles. The number of aryl methyl sites for hydroxylation is 1. The molecule has 0 spiro atoms. The Morgan fingerprint density at radius 1 is 1.15 bits per heavy atom. The fourth-order valence-corrected chi connectivity index (χ4v) is 2.61. The molecule has 0 saturated carbocycles. The summed E-state index contributed by atoms with van der Waals surface area (Å²) in [5.41, 5.74) is 1.08. The Balaban J connectivity index is 1.85. The largest absolute Gasteiger partial charge is 0.340 e. The molecule has 0 amide bonds. The number of ether oxygens (including phenoxy) is 2. The van der Waals surface area contributed by atoms with Gasteiger partial charge in [-0.25, -0.2) is 4.98 Å². The Bertz CT molecular complexity index is 529. The van der Waals surface area contributed by atoms with Crippen molar-refractivity contribution in [1.82, 2.24) is 9.55 Å². The summed E-state index contributed by atoms with van der Waals surface area (Å²) < 4.78 is 14.4. The van der Waals surface area contributed by atoms with Crippen LogP contribution in [0.5, 0.6) is 0 Å². The van der Waals surface area contributed by atoms with E-state index in [-0.39, 0.29) is 12.2 Å². The second-order valence-corrected chi connectivity index (χ2v) is 5.32. The van der Waals surface area contributed by atoms with E-state index < -0.39 is 5.79 Å². The Kier molecular flexibility index (Phi) is 3.59. The first-order valence-corrected chi connectivity index (χ1v) is 7.06. The average molecular weight is 272 g/mol. The lowest BCUT2D eigenvalue weighted by Crippen LogP contribution is -2.29. The van der Waals surface area contributed by atoms with Crippen LogP contribution in [0.1, 0.15) is 25.8 Å². The third kappa shape index (κ3) is 2.49. The quantitative estimate of drug-likeness (QED) is 0.858. The second-order valence-electron chi connectivity index (χ2n) is 5.32. The normalized spacial score (nSPS) is 29.7. The van der Waals surface area contributed by atoms with E-state index in [0.29, 0.717) is 0 Å². The highest BCUT2D eigenvalue weighted by atomic mass is 16.8. The Morgan fingerprint density at radius 2 is 1.85 bits per heavy atom. The molecule has 2 unspecified atom stereocenters. The highest BCUT2D eigenvalue weighted by Gasteiger charge is 2.45. The van der Waals surface area contributed by atoms with Gasteiger partial charge in [0.1, 0.15) is 0 Å². The van der Waals surface area contributed by atoms with Crippen LogP contribution < -0.4 is 0 Å². The molecule has 0 radical (unpaired) electrons. The summed E-state index contributed by atoms with van der Waals surface area (Å²) in [7, 11) is 0. The number of rotatable bonds is 4. The molecule has 1 aromatic carbocycles. The SMILES string of the molecule is CC1OC(CCn2ccnc2)(c2ccccc2)OC1C. The molecule has 0 aliphatic carbocycles. The van der Waals surface area contributed by atoms with E-state index in [1.54, 1.807) is 6.20 Å². The van der Waals surface area contributed by atoms with Gasteiger partial charge >= 0.3 is 0 Å². The summed E-state index contributed by atoms with van der Waals surface area (Å²) in [4.78, 5) is 4.07. The van der Waals surface area contributed by atoms with Crippen molar-refractivity contribution in [2.45, 2.75) is 44.8 Å². The molecule has 1 aliphatic rings. The molecule has 2 aromatic rings. The van der Waals surface area contributed by atoms with Crippen molar-refractivity contribution in [3.05, 3.63) is 54.6 Å². The first-order valence-electron chi connectivity index (χ1n) is 7.06. The third-order valence-corrected chi connectivity index (χ3v) is 3.89. The maximum Gasteiger partial charge on any atom is 0.197 e. The predicted molar refractivity (Wildman–Crippen MR) is 76.1 cm³/mol. The van der Waals surface area contributed by atoms with Crippen LogP contribution in [-0.2, 0) is 21.8 Å². The third-order valence-electron chi connectivity index (χ3n) is 3.89. The first-order chi connectivity index (χ1) is 9.70. The molecule has 2 atom stereocenters. The van der Waals surface area contributed by atoms with E-state index in [0.717, 1.165) is 18.5 Å². The summed E-state index contributed by atoms with van der Waals surface area (Å²) in [5.74, 6) is -0.648. The Hall–Kier alpha value is -1.65. The van der Waals surface area contributed by atoms with Gasteiger partial charge in [-0.05, 0) is 13.8 Å². The van der Waals surface area contributed by atoms with Crippen molar-refractivity contribution >= 4 is 0 Å². The average Bonchev–Trinajstić information content (AvgIpc) is 3.07. The topological polar surface area (TPSA) is 36.3 Å². The van der Waals surface area contributed by atoms with Crippen LogP contribution in [0, 0.1) is 0 Å². The van der Waals surface area contributed by atoms with Gasteiger partial charge in [0.25, 0.3) is 0 Å². The molecule has 1 fully saturated rings. The number of imidazole rings is 1. The lowest BCUT2D eigenvalue weighted by molar-refractivity contribution is -0.188. The number of hydrogen-bond acceptors (Lipinski definition) is 3. The molecule has 3 rings (SSSR count). The maximum absolute atomic E-state index is 6.19. The minimum absolute atomic E-state index is 0.0954. The van der Waals surface area contributed by atoms with Crippen LogP contribution >= 0.6 is 0 Å². The summed E-state index contributed by atoms with van der Waals surface area (Å²) in [5, 5.41) is 0.